The van der Waals surface area contributed by atoms with E-state index in [0.717, 1.165) is 44.8 Å². The van der Waals surface area contributed by atoms with E-state index in [0.29, 0.717) is 6.54 Å². The van der Waals surface area contributed by atoms with Crippen molar-refractivity contribution in [2.24, 2.45) is 5.10 Å². The number of aromatic nitrogens is 1. The lowest BCUT2D eigenvalue weighted by molar-refractivity contribution is -0.122. The van der Waals surface area contributed by atoms with Gasteiger partial charge in [0.05, 0.1) is 12.8 Å². The maximum Gasteiger partial charge on any atom is 0.254 e. The maximum atomic E-state index is 12.4. The first-order valence-corrected chi connectivity index (χ1v) is 12.0. The van der Waals surface area contributed by atoms with Crippen LogP contribution in [0.3, 0.4) is 0 Å². The van der Waals surface area contributed by atoms with Crippen LogP contribution in [0.2, 0.25) is 0 Å². The Labute approximate surface area is 200 Å². The van der Waals surface area contributed by atoms with Crippen LogP contribution in [0, 0.1) is 0 Å². The second kappa shape index (κ2) is 10.2. The van der Waals surface area contributed by atoms with Crippen molar-refractivity contribution in [2.75, 3.05) is 32.7 Å². The smallest absolute Gasteiger partial charge is 0.254 e. The standard InChI is InChI=1S/C28H31N5O/c1-2-33-26-11-7-6-10-24(26)25-18-23(12-13-27(25)33)19-29-30-28(34)21-32-16-14-31(15-17-32)20-22-8-4-3-5-9-22/h3-13,18-19H,2,14-17,20-21H2,1H3,(H,30,34)/b29-19+. The highest BCUT2D eigenvalue weighted by Crippen LogP contribution is 2.29. The van der Waals surface area contributed by atoms with Gasteiger partial charge in [0.25, 0.3) is 5.91 Å². The molecule has 1 aromatic heterocycles. The SMILES string of the molecule is CCn1c2ccccc2c2cc(/C=N/NC(=O)CN3CCN(Cc4ccccc4)CC3)ccc21. The minimum atomic E-state index is -0.0728. The molecule has 5 rings (SSSR count). The van der Waals surface area contributed by atoms with E-state index in [4.69, 9.17) is 0 Å². The molecule has 0 unspecified atom stereocenters. The normalized spacial score (nSPS) is 15.4. The third-order valence-corrected chi connectivity index (χ3v) is 6.60. The second-order valence-corrected chi connectivity index (χ2v) is 8.87. The van der Waals surface area contributed by atoms with E-state index in [1.54, 1.807) is 6.21 Å². The summed E-state index contributed by atoms with van der Waals surface area (Å²) in [7, 11) is 0. The molecule has 34 heavy (non-hydrogen) atoms. The number of benzene rings is 3. The number of carbonyl (C=O) groups excluding carboxylic acids is 1. The Morgan fingerprint density at radius 3 is 2.38 bits per heavy atom. The summed E-state index contributed by atoms with van der Waals surface area (Å²) in [4.78, 5) is 17.1. The number of nitrogens with one attached hydrogen (secondary N) is 1. The van der Waals surface area contributed by atoms with Crippen molar-refractivity contribution in [1.82, 2.24) is 19.8 Å². The van der Waals surface area contributed by atoms with Crippen molar-refractivity contribution in [1.29, 1.82) is 0 Å². The quantitative estimate of drug-likeness (QED) is 0.339. The Kier molecular flexibility index (Phi) is 6.70. The maximum absolute atomic E-state index is 12.4. The molecule has 0 radical (unpaired) electrons. The lowest BCUT2D eigenvalue weighted by Crippen LogP contribution is -2.48. The number of hydrazone groups is 1. The van der Waals surface area contributed by atoms with Crippen LogP contribution >= 0.6 is 0 Å². The van der Waals surface area contributed by atoms with Crippen LogP contribution in [-0.4, -0.2) is 59.2 Å². The van der Waals surface area contributed by atoms with Gasteiger partial charge in [0.2, 0.25) is 0 Å². The Balaban J connectivity index is 1.15. The molecule has 0 saturated carbocycles. The van der Waals surface area contributed by atoms with Crippen LogP contribution in [0.5, 0.6) is 0 Å². The zero-order valence-electron chi connectivity index (χ0n) is 19.7. The number of amides is 1. The molecule has 1 aliphatic rings. The summed E-state index contributed by atoms with van der Waals surface area (Å²) in [5, 5.41) is 6.67. The van der Waals surface area contributed by atoms with E-state index in [1.165, 1.54) is 27.4 Å². The first kappa shape index (κ1) is 22.3. The number of hydrogen-bond donors (Lipinski definition) is 1. The summed E-state index contributed by atoms with van der Waals surface area (Å²) in [6.07, 6.45) is 1.73. The molecular weight excluding hydrogens is 422 g/mol. The van der Waals surface area contributed by atoms with E-state index >= 15 is 0 Å². The highest BCUT2D eigenvalue weighted by atomic mass is 16.2. The number of para-hydroxylation sites is 1. The molecule has 1 saturated heterocycles. The van der Waals surface area contributed by atoms with Crippen LogP contribution in [0.15, 0.2) is 77.9 Å². The lowest BCUT2D eigenvalue weighted by Gasteiger charge is -2.34. The van der Waals surface area contributed by atoms with Crippen LogP contribution in [0.1, 0.15) is 18.1 Å². The van der Waals surface area contributed by atoms with Crippen LogP contribution in [0.25, 0.3) is 21.8 Å². The second-order valence-electron chi connectivity index (χ2n) is 8.87. The van der Waals surface area contributed by atoms with Crippen LogP contribution < -0.4 is 5.43 Å². The zero-order chi connectivity index (χ0) is 23.3. The average molecular weight is 454 g/mol. The number of piperazine rings is 1. The lowest BCUT2D eigenvalue weighted by atomic mass is 10.1. The molecule has 3 aromatic carbocycles. The summed E-state index contributed by atoms with van der Waals surface area (Å²) in [6.45, 7) is 8.15. The van der Waals surface area contributed by atoms with Gasteiger partial charge >= 0.3 is 0 Å². The third kappa shape index (κ3) is 4.88. The fourth-order valence-corrected chi connectivity index (χ4v) is 4.86. The molecule has 1 amide bonds. The molecule has 2 heterocycles. The molecule has 174 valence electrons. The van der Waals surface area contributed by atoms with E-state index in [2.05, 4.69) is 98.5 Å². The highest BCUT2D eigenvalue weighted by Gasteiger charge is 2.18. The molecule has 1 N–H and O–H groups in total. The summed E-state index contributed by atoms with van der Waals surface area (Å²) in [5.41, 5.74) is 7.47. The molecule has 6 heteroatoms. The zero-order valence-corrected chi connectivity index (χ0v) is 19.7. The summed E-state index contributed by atoms with van der Waals surface area (Å²) in [5.74, 6) is -0.0728. The molecule has 1 aliphatic heterocycles. The number of aryl methyl sites for hydroxylation is 1. The molecule has 0 bridgehead atoms. The van der Waals surface area contributed by atoms with E-state index in [9.17, 15) is 4.79 Å². The Morgan fingerprint density at radius 2 is 1.59 bits per heavy atom. The third-order valence-electron chi connectivity index (χ3n) is 6.60. The fourth-order valence-electron chi connectivity index (χ4n) is 4.86. The minimum absolute atomic E-state index is 0.0728. The van der Waals surface area contributed by atoms with Gasteiger partial charge in [-0.15, -0.1) is 0 Å². The largest absolute Gasteiger partial charge is 0.341 e. The Morgan fingerprint density at radius 1 is 0.882 bits per heavy atom. The molecule has 1 fully saturated rings. The first-order chi connectivity index (χ1) is 16.7. The van der Waals surface area contributed by atoms with Gasteiger partial charge in [0.15, 0.2) is 0 Å². The van der Waals surface area contributed by atoms with Crippen molar-refractivity contribution < 1.29 is 4.79 Å². The molecule has 0 aliphatic carbocycles. The average Bonchev–Trinajstić information content (AvgIpc) is 3.19. The van der Waals surface area contributed by atoms with Crippen molar-refractivity contribution in [3.63, 3.8) is 0 Å². The van der Waals surface area contributed by atoms with E-state index in [-0.39, 0.29) is 5.91 Å². The Bertz CT molecular complexity index is 1300. The van der Waals surface area contributed by atoms with Crippen molar-refractivity contribution in [3.8, 4) is 0 Å². The minimum Gasteiger partial charge on any atom is -0.341 e. The van der Waals surface area contributed by atoms with Crippen LogP contribution in [0.4, 0.5) is 0 Å². The number of rotatable bonds is 7. The predicted octanol–water partition coefficient (Wildman–Crippen LogP) is 4.08. The summed E-state index contributed by atoms with van der Waals surface area (Å²) >= 11 is 0. The van der Waals surface area contributed by atoms with Gasteiger partial charge in [-0.05, 0) is 36.2 Å². The number of carbonyl (C=O) groups is 1. The van der Waals surface area contributed by atoms with E-state index < -0.39 is 0 Å². The van der Waals surface area contributed by atoms with Gasteiger partial charge in [0.1, 0.15) is 0 Å². The van der Waals surface area contributed by atoms with Gasteiger partial charge in [-0.3, -0.25) is 14.6 Å². The topological polar surface area (TPSA) is 52.9 Å². The van der Waals surface area contributed by atoms with Crippen molar-refractivity contribution in [3.05, 3.63) is 83.9 Å². The van der Waals surface area contributed by atoms with Gasteiger partial charge < -0.3 is 4.57 Å². The number of hydrogen-bond acceptors (Lipinski definition) is 4. The highest BCUT2D eigenvalue weighted by molar-refractivity contribution is 6.09. The first-order valence-electron chi connectivity index (χ1n) is 12.0. The molecule has 0 spiro atoms. The van der Waals surface area contributed by atoms with Crippen molar-refractivity contribution in [2.45, 2.75) is 20.0 Å². The van der Waals surface area contributed by atoms with Crippen LogP contribution in [-0.2, 0) is 17.9 Å². The summed E-state index contributed by atoms with van der Waals surface area (Å²) < 4.78 is 2.33. The molecule has 4 aromatic rings. The predicted molar refractivity (Wildman–Crippen MR) is 139 cm³/mol. The van der Waals surface area contributed by atoms with E-state index in [1.807, 2.05) is 6.07 Å². The van der Waals surface area contributed by atoms with Gasteiger partial charge in [-0.1, -0.05) is 54.6 Å². The molecule has 0 atom stereocenters. The number of fused-ring (bicyclic) bond motifs is 3. The molecule has 6 nitrogen and oxygen atoms in total. The fraction of sp³-hybridized carbons (Fsp3) is 0.286. The summed E-state index contributed by atoms with van der Waals surface area (Å²) in [6, 6.07) is 25.3. The van der Waals surface area contributed by atoms with Gasteiger partial charge in [0, 0.05) is 61.1 Å². The van der Waals surface area contributed by atoms with Gasteiger partial charge in [-0.25, -0.2) is 5.43 Å². The van der Waals surface area contributed by atoms with Crippen molar-refractivity contribution >= 4 is 33.9 Å². The monoisotopic (exact) mass is 453 g/mol. The Hall–Kier alpha value is -3.48. The molecular formula is C28H31N5O. The number of nitrogens with zero attached hydrogens (tertiary/aromatic N) is 4. The van der Waals surface area contributed by atoms with Gasteiger partial charge in [-0.2, -0.15) is 5.10 Å².